The van der Waals surface area contributed by atoms with Crippen molar-refractivity contribution in [2.45, 2.75) is 33.6 Å². The van der Waals surface area contributed by atoms with E-state index >= 15 is 0 Å². The first-order valence-corrected chi connectivity index (χ1v) is 5.46. The molecule has 0 aliphatic rings. The average molecular weight is 214 g/mol. The molecule has 0 aliphatic heterocycles. The highest BCUT2D eigenvalue weighted by molar-refractivity contribution is 5.86. The van der Waals surface area contributed by atoms with Crippen LogP contribution < -0.4 is 0 Å². The zero-order chi connectivity index (χ0) is 11.8. The first-order chi connectivity index (χ1) is 7.02. The van der Waals surface area contributed by atoms with Gasteiger partial charge in [0.2, 0.25) is 0 Å². The molecule has 0 fully saturated rings. The summed E-state index contributed by atoms with van der Waals surface area (Å²) >= 11 is 0. The maximum Gasteiger partial charge on any atom is 0.333 e. The van der Waals surface area contributed by atoms with E-state index in [1.54, 1.807) is 6.92 Å². The van der Waals surface area contributed by atoms with Crippen LogP contribution in [0, 0.1) is 11.8 Å². The van der Waals surface area contributed by atoms with E-state index in [1.807, 2.05) is 0 Å². The Morgan fingerprint density at radius 2 is 2.13 bits per heavy atom. The molecule has 0 rings (SSSR count). The molecule has 3 nitrogen and oxygen atoms in total. The van der Waals surface area contributed by atoms with E-state index < -0.39 is 0 Å². The lowest BCUT2D eigenvalue weighted by Gasteiger charge is -2.21. The molecule has 0 aromatic heterocycles. The molecule has 0 amide bonds. The van der Waals surface area contributed by atoms with Crippen LogP contribution in [0.3, 0.4) is 0 Å². The van der Waals surface area contributed by atoms with Crippen molar-refractivity contribution >= 4 is 5.97 Å². The molecular weight excluding hydrogens is 192 g/mol. The summed E-state index contributed by atoms with van der Waals surface area (Å²) in [6, 6.07) is 0. The molecule has 0 radical (unpaired) electrons. The summed E-state index contributed by atoms with van der Waals surface area (Å²) in [6.45, 7) is 9.63. The van der Waals surface area contributed by atoms with E-state index in [1.165, 1.54) is 0 Å². The van der Waals surface area contributed by atoms with Crippen LogP contribution in [0.15, 0.2) is 12.2 Å². The van der Waals surface area contributed by atoms with Crippen LogP contribution in [-0.2, 0) is 9.53 Å². The zero-order valence-electron chi connectivity index (χ0n) is 9.95. The van der Waals surface area contributed by atoms with Gasteiger partial charge in [0.1, 0.15) is 0 Å². The summed E-state index contributed by atoms with van der Waals surface area (Å²) in [4.78, 5) is 11.1. The molecule has 15 heavy (non-hydrogen) atoms. The number of hydrogen-bond donors (Lipinski definition) is 1. The number of rotatable bonds is 7. The summed E-state index contributed by atoms with van der Waals surface area (Å²) in [7, 11) is 0. The first-order valence-electron chi connectivity index (χ1n) is 5.46. The lowest BCUT2D eigenvalue weighted by atomic mass is 9.91. The third-order valence-corrected chi connectivity index (χ3v) is 2.56. The van der Waals surface area contributed by atoms with Crippen LogP contribution in [-0.4, -0.2) is 24.3 Å². The van der Waals surface area contributed by atoms with Crippen molar-refractivity contribution in [2.75, 3.05) is 13.2 Å². The number of aliphatic hydroxyl groups is 1. The standard InChI is InChI=1S/C12H22O3/c1-5-6-10(4)11(7-13)8-15-12(14)9(2)3/h10-11,13H,2,5-8H2,1,3-4H3. The molecule has 0 aliphatic carbocycles. The average Bonchev–Trinajstić information content (AvgIpc) is 2.18. The van der Waals surface area contributed by atoms with Crippen LogP contribution >= 0.6 is 0 Å². The van der Waals surface area contributed by atoms with Gasteiger partial charge in [-0.15, -0.1) is 0 Å². The quantitative estimate of drug-likeness (QED) is 0.522. The molecule has 2 unspecified atom stereocenters. The van der Waals surface area contributed by atoms with Gasteiger partial charge >= 0.3 is 5.97 Å². The van der Waals surface area contributed by atoms with Crippen LogP contribution in [0.4, 0.5) is 0 Å². The van der Waals surface area contributed by atoms with Gasteiger partial charge in [0.25, 0.3) is 0 Å². The minimum Gasteiger partial charge on any atom is -0.462 e. The Kier molecular flexibility index (Phi) is 7.05. The third-order valence-electron chi connectivity index (χ3n) is 2.56. The summed E-state index contributed by atoms with van der Waals surface area (Å²) in [5, 5.41) is 9.16. The minimum absolute atomic E-state index is 0.0354. The predicted molar refractivity (Wildman–Crippen MR) is 60.4 cm³/mol. The summed E-state index contributed by atoms with van der Waals surface area (Å²) in [5.41, 5.74) is 0.398. The van der Waals surface area contributed by atoms with E-state index in [4.69, 9.17) is 9.84 Å². The molecule has 88 valence electrons. The van der Waals surface area contributed by atoms with E-state index in [2.05, 4.69) is 20.4 Å². The second-order valence-electron chi connectivity index (χ2n) is 4.09. The Bertz CT molecular complexity index is 211. The monoisotopic (exact) mass is 214 g/mol. The van der Waals surface area contributed by atoms with E-state index in [9.17, 15) is 4.79 Å². The second kappa shape index (κ2) is 7.46. The smallest absolute Gasteiger partial charge is 0.333 e. The Labute approximate surface area is 92.1 Å². The van der Waals surface area contributed by atoms with Crippen LogP contribution in [0.25, 0.3) is 0 Å². The molecule has 0 saturated carbocycles. The lowest BCUT2D eigenvalue weighted by Crippen LogP contribution is -2.23. The van der Waals surface area contributed by atoms with Gasteiger partial charge < -0.3 is 9.84 Å². The Balaban J connectivity index is 3.99. The van der Waals surface area contributed by atoms with Gasteiger partial charge in [0.05, 0.1) is 6.61 Å². The van der Waals surface area contributed by atoms with Gasteiger partial charge in [-0.25, -0.2) is 4.79 Å². The summed E-state index contributed by atoms with van der Waals surface area (Å²) in [5.74, 6) is 0.0309. The first kappa shape index (κ1) is 14.2. The fraction of sp³-hybridized carbons (Fsp3) is 0.750. The van der Waals surface area contributed by atoms with Crippen molar-refractivity contribution in [3.05, 3.63) is 12.2 Å². The van der Waals surface area contributed by atoms with E-state index in [0.717, 1.165) is 12.8 Å². The van der Waals surface area contributed by atoms with E-state index in [0.29, 0.717) is 11.5 Å². The topological polar surface area (TPSA) is 46.5 Å². The normalized spacial score (nSPS) is 14.4. The number of carbonyl (C=O) groups excluding carboxylic acids is 1. The summed E-state index contributed by atoms with van der Waals surface area (Å²) in [6.07, 6.45) is 2.11. The van der Waals surface area contributed by atoms with Crippen molar-refractivity contribution in [3.8, 4) is 0 Å². The highest BCUT2D eigenvalue weighted by atomic mass is 16.5. The second-order valence-corrected chi connectivity index (χ2v) is 4.09. The van der Waals surface area contributed by atoms with Gasteiger partial charge in [-0.1, -0.05) is 33.3 Å². The number of carbonyl (C=O) groups is 1. The molecule has 0 heterocycles. The van der Waals surface area contributed by atoms with Crippen LogP contribution in [0.2, 0.25) is 0 Å². The molecule has 0 spiro atoms. The predicted octanol–water partition coefficient (Wildman–Crippen LogP) is 2.15. The maximum atomic E-state index is 11.1. The number of aliphatic hydroxyl groups excluding tert-OH is 1. The molecule has 3 heteroatoms. The largest absolute Gasteiger partial charge is 0.462 e. The number of esters is 1. The SMILES string of the molecule is C=C(C)C(=O)OCC(CO)C(C)CCC. The van der Waals surface area contributed by atoms with Crippen molar-refractivity contribution in [1.82, 2.24) is 0 Å². The van der Waals surface area contributed by atoms with Gasteiger partial charge in [-0.05, 0) is 12.8 Å². The number of hydrogen-bond acceptors (Lipinski definition) is 3. The van der Waals surface area contributed by atoms with Crippen LogP contribution in [0.1, 0.15) is 33.6 Å². The highest BCUT2D eigenvalue weighted by Crippen LogP contribution is 2.17. The molecule has 0 saturated heterocycles. The summed E-state index contributed by atoms with van der Waals surface area (Å²) < 4.78 is 5.03. The van der Waals surface area contributed by atoms with Crippen molar-refractivity contribution < 1.29 is 14.6 Å². The third kappa shape index (κ3) is 5.57. The van der Waals surface area contributed by atoms with Gasteiger partial charge in [-0.3, -0.25) is 0 Å². The van der Waals surface area contributed by atoms with E-state index in [-0.39, 0.29) is 25.1 Å². The lowest BCUT2D eigenvalue weighted by molar-refractivity contribution is -0.141. The molecular formula is C12H22O3. The molecule has 0 bridgehead atoms. The highest BCUT2D eigenvalue weighted by Gasteiger charge is 2.17. The van der Waals surface area contributed by atoms with Crippen molar-refractivity contribution in [2.24, 2.45) is 11.8 Å². The van der Waals surface area contributed by atoms with Crippen LogP contribution in [0.5, 0.6) is 0 Å². The maximum absolute atomic E-state index is 11.1. The fourth-order valence-corrected chi connectivity index (χ4v) is 1.39. The minimum atomic E-state index is -0.378. The van der Waals surface area contributed by atoms with Crippen molar-refractivity contribution in [3.63, 3.8) is 0 Å². The van der Waals surface area contributed by atoms with Gasteiger partial charge in [0, 0.05) is 18.1 Å². The fourth-order valence-electron chi connectivity index (χ4n) is 1.39. The Morgan fingerprint density at radius 3 is 2.53 bits per heavy atom. The molecule has 1 N–H and O–H groups in total. The molecule has 0 aromatic carbocycles. The zero-order valence-corrected chi connectivity index (χ0v) is 9.95. The molecule has 0 aromatic rings. The Hall–Kier alpha value is -0.830. The van der Waals surface area contributed by atoms with Crippen molar-refractivity contribution in [1.29, 1.82) is 0 Å². The van der Waals surface area contributed by atoms with Gasteiger partial charge in [0.15, 0.2) is 0 Å². The molecule has 2 atom stereocenters. The number of ether oxygens (including phenoxy) is 1. The Morgan fingerprint density at radius 1 is 1.53 bits per heavy atom. The van der Waals surface area contributed by atoms with Gasteiger partial charge in [-0.2, -0.15) is 0 Å².